The van der Waals surface area contributed by atoms with Crippen molar-refractivity contribution in [2.75, 3.05) is 19.1 Å². The highest BCUT2D eigenvalue weighted by Gasteiger charge is 2.44. The molecule has 0 spiro atoms. The van der Waals surface area contributed by atoms with Crippen molar-refractivity contribution >= 4 is 27.4 Å². The summed E-state index contributed by atoms with van der Waals surface area (Å²) in [6, 6.07) is 15.5. The number of benzene rings is 2. The number of allylic oxidation sites excluding steroid dienone is 3. The predicted molar refractivity (Wildman–Crippen MR) is 131 cm³/mol. The van der Waals surface area contributed by atoms with Crippen molar-refractivity contribution in [3.8, 4) is 17.6 Å². The Morgan fingerprint density at radius 3 is 2.36 bits per heavy atom. The molecule has 33 heavy (non-hydrogen) atoms. The van der Waals surface area contributed by atoms with Crippen LogP contribution < -0.4 is 20.1 Å². The summed E-state index contributed by atoms with van der Waals surface area (Å²) >= 11 is 3.47. The van der Waals surface area contributed by atoms with Crippen LogP contribution in [-0.2, 0) is 4.79 Å². The van der Waals surface area contributed by atoms with Gasteiger partial charge in [0.1, 0.15) is 5.82 Å². The third kappa shape index (κ3) is 4.00. The highest BCUT2D eigenvalue weighted by atomic mass is 79.9. The highest BCUT2D eigenvalue weighted by molar-refractivity contribution is 9.10. The molecule has 2 aromatic rings. The maximum atomic E-state index is 13.6. The van der Waals surface area contributed by atoms with Gasteiger partial charge in [-0.25, -0.2) is 0 Å². The number of hydrogen-bond acceptors (Lipinski definition) is 6. The monoisotopic (exact) mass is 507 g/mol. The minimum absolute atomic E-state index is 0.0309. The maximum Gasteiger partial charge on any atom is 0.162 e. The first-order valence-corrected chi connectivity index (χ1v) is 11.4. The zero-order valence-electron chi connectivity index (χ0n) is 19.1. The van der Waals surface area contributed by atoms with Crippen LogP contribution >= 0.6 is 15.9 Å². The Kier molecular flexibility index (Phi) is 5.98. The van der Waals surface area contributed by atoms with E-state index in [-0.39, 0.29) is 11.2 Å². The summed E-state index contributed by atoms with van der Waals surface area (Å²) in [6.07, 6.45) is 1.07. The van der Waals surface area contributed by atoms with Gasteiger partial charge in [0, 0.05) is 27.9 Å². The van der Waals surface area contributed by atoms with Gasteiger partial charge in [0.05, 0.1) is 31.8 Å². The molecule has 1 aliphatic carbocycles. The Labute approximate surface area is 202 Å². The van der Waals surface area contributed by atoms with Crippen molar-refractivity contribution in [2.45, 2.75) is 32.6 Å². The Hall–Kier alpha value is -3.24. The van der Waals surface area contributed by atoms with Gasteiger partial charge in [0.2, 0.25) is 0 Å². The number of carbonyl (C=O) groups excluding carboxylic acids is 1. The molecule has 0 radical (unpaired) electrons. The molecule has 1 heterocycles. The molecule has 2 N–H and O–H groups in total. The zero-order chi connectivity index (χ0) is 23.9. The molecular weight excluding hydrogens is 482 g/mol. The summed E-state index contributed by atoms with van der Waals surface area (Å²) in [5.41, 5.74) is 9.83. The average molecular weight is 508 g/mol. The van der Waals surface area contributed by atoms with Gasteiger partial charge >= 0.3 is 0 Å². The standard InChI is InChI=1S/C26H26BrN3O3/c1-26(2)12-19-24(20(31)13-26)23(15-5-10-21(32-3)22(11-15)33-4)18(14-28)25(29)30(19)17-8-6-16(27)7-9-17/h5-11,23H,12-13,29H2,1-4H3/t23-/m1/s1. The molecule has 0 saturated carbocycles. The number of carbonyl (C=O) groups is 1. The third-order valence-corrected chi connectivity index (χ3v) is 6.74. The van der Waals surface area contributed by atoms with Crippen molar-refractivity contribution in [1.82, 2.24) is 0 Å². The molecule has 0 saturated heterocycles. The second-order valence-electron chi connectivity index (χ2n) is 9.07. The van der Waals surface area contributed by atoms with Crippen molar-refractivity contribution in [1.29, 1.82) is 5.26 Å². The van der Waals surface area contributed by atoms with Crippen molar-refractivity contribution in [3.63, 3.8) is 0 Å². The van der Waals surface area contributed by atoms with Gasteiger partial charge in [-0.15, -0.1) is 0 Å². The van der Waals surface area contributed by atoms with Gasteiger partial charge < -0.3 is 15.2 Å². The number of methoxy groups -OCH3 is 2. The van der Waals surface area contributed by atoms with E-state index in [9.17, 15) is 10.1 Å². The van der Waals surface area contributed by atoms with Gasteiger partial charge in [0.15, 0.2) is 17.3 Å². The first-order valence-electron chi connectivity index (χ1n) is 10.6. The predicted octanol–water partition coefficient (Wildman–Crippen LogP) is 5.41. The highest BCUT2D eigenvalue weighted by Crippen LogP contribution is 2.50. The minimum atomic E-state index is -0.569. The van der Waals surface area contributed by atoms with E-state index >= 15 is 0 Å². The Morgan fingerprint density at radius 2 is 1.76 bits per heavy atom. The number of hydrogen-bond donors (Lipinski definition) is 1. The summed E-state index contributed by atoms with van der Waals surface area (Å²) < 4.78 is 11.8. The van der Waals surface area contributed by atoms with Gasteiger partial charge in [-0.2, -0.15) is 5.26 Å². The van der Waals surface area contributed by atoms with E-state index in [4.69, 9.17) is 15.2 Å². The lowest BCUT2D eigenvalue weighted by atomic mass is 9.68. The van der Waals surface area contributed by atoms with Gasteiger partial charge in [0.25, 0.3) is 0 Å². The van der Waals surface area contributed by atoms with E-state index in [1.807, 2.05) is 41.3 Å². The number of rotatable bonds is 4. The Balaban J connectivity index is 1.98. The van der Waals surface area contributed by atoms with Gasteiger partial charge in [-0.1, -0.05) is 35.8 Å². The fourth-order valence-corrected chi connectivity index (χ4v) is 5.02. The lowest BCUT2D eigenvalue weighted by Crippen LogP contribution is -2.42. The smallest absolute Gasteiger partial charge is 0.162 e. The van der Waals surface area contributed by atoms with Crippen molar-refractivity contribution < 1.29 is 14.3 Å². The topological polar surface area (TPSA) is 88.6 Å². The zero-order valence-corrected chi connectivity index (χ0v) is 20.7. The van der Waals surface area contributed by atoms with E-state index in [2.05, 4.69) is 35.8 Å². The minimum Gasteiger partial charge on any atom is -0.493 e. The molecule has 0 unspecified atom stereocenters. The normalized spacial score (nSPS) is 19.8. The fourth-order valence-electron chi connectivity index (χ4n) is 4.76. The van der Waals surface area contributed by atoms with Crippen LogP contribution in [0.3, 0.4) is 0 Å². The van der Waals surface area contributed by atoms with E-state index in [1.165, 1.54) is 0 Å². The van der Waals surface area contributed by atoms with Crippen LogP contribution in [0.4, 0.5) is 5.69 Å². The maximum absolute atomic E-state index is 13.6. The molecule has 4 rings (SSSR count). The van der Waals surface area contributed by atoms with E-state index in [0.717, 1.165) is 21.4 Å². The molecule has 0 fully saturated rings. The quantitative estimate of drug-likeness (QED) is 0.595. The molecule has 1 aliphatic heterocycles. The van der Waals surface area contributed by atoms with Crippen LogP contribution in [0.1, 0.15) is 38.2 Å². The Bertz CT molecular complexity index is 1220. The van der Waals surface area contributed by atoms with Crippen molar-refractivity contribution in [3.05, 3.63) is 75.2 Å². The lowest BCUT2D eigenvalue weighted by Gasteiger charge is -2.43. The lowest BCUT2D eigenvalue weighted by molar-refractivity contribution is -0.118. The summed E-state index contributed by atoms with van der Waals surface area (Å²) in [5.74, 6) is 0.911. The molecule has 2 aromatic carbocycles. The van der Waals surface area contributed by atoms with Crippen LogP contribution in [0, 0.1) is 16.7 Å². The van der Waals surface area contributed by atoms with Crippen LogP contribution in [-0.4, -0.2) is 20.0 Å². The van der Waals surface area contributed by atoms with Crippen LogP contribution in [0.2, 0.25) is 0 Å². The number of anilines is 1. The number of ketones is 1. The summed E-state index contributed by atoms with van der Waals surface area (Å²) in [5, 5.41) is 10.2. The van der Waals surface area contributed by atoms with Crippen LogP contribution in [0.25, 0.3) is 0 Å². The first kappa shape index (κ1) is 22.9. The molecule has 0 bridgehead atoms. The summed E-state index contributed by atoms with van der Waals surface area (Å²) in [4.78, 5) is 15.5. The fraction of sp³-hybridized carbons (Fsp3) is 0.308. The van der Waals surface area contributed by atoms with E-state index in [0.29, 0.717) is 41.3 Å². The third-order valence-electron chi connectivity index (χ3n) is 6.21. The number of nitriles is 1. The molecular formula is C26H26BrN3O3. The molecule has 1 atom stereocenters. The van der Waals surface area contributed by atoms with E-state index < -0.39 is 5.92 Å². The first-order chi connectivity index (χ1) is 15.7. The molecule has 0 amide bonds. The number of halogens is 1. The second kappa shape index (κ2) is 8.60. The number of ether oxygens (including phenoxy) is 2. The SMILES string of the molecule is COc1ccc([C@@H]2C(C#N)=C(N)N(c3ccc(Br)cc3)C3=C2C(=O)CC(C)(C)C3)cc1OC. The molecule has 7 heteroatoms. The molecule has 6 nitrogen and oxygen atoms in total. The molecule has 0 aromatic heterocycles. The van der Waals surface area contributed by atoms with Crippen LogP contribution in [0.5, 0.6) is 11.5 Å². The number of nitrogens with zero attached hydrogens (tertiary/aromatic N) is 2. The van der Waals surface area contributed by atoms with E-state index in [1.54, 1.807) is 20.3 Å². The number of nitrogens with two attached hydrogens (primary N) is 1. The largest absolute Gasteiger partial charge is 0.493 e. The second-order valence-corrected chi connectivity index (χ2v) is 9.99. The molecule has 2 aliphatic rings. The average Bonchev–Trinajstić information content (AvgIpc) is 2.78. The van der Waals surface area contributed by atoms with Crippen molar-refractivity contribution in [2.24, 2.45) is 11.1 Å². The summed E-state index contributed by atoms with van der Waals surface area (Å²) in [6.45, 7) is 4.17. The van der Waals surface area contributed by atoms with Gasteiger partial charge in [-0.05, 0) is 53.8 Å². The summed E-state index contributed by atoms with van der Waals surface area (Å²) in [7, 11) is 3.13. The number of Topliss-reactive ketones (excluding diaryl/α,β-unsaturated/α-hetero) is 1. The van der Waals surface area contributed by atoms with Gasteiger partial charge in [-0.3, -0.25) is 9.69 Å². The Morgan fingerprint density at radius 1 is 1.09 bits per heavy atom. The van der Waals surface area contributed by atoms with Crippen LogP contribution in [0.15, 0.2) is 69.6 Å². The molecule has 170 valence electrons.